The highest BCUT2D eigenvalue weighted by atomic mass is 127. The Labute approximate surface area is 305 Å². The van der Waals surface area contributed by atoms with Crippen LogP contribution in [0.5, 0.6) is 0 Å². The summed E-state index contributed by atoms with van der Waals surface area (Å²) in [5, 5.41) is 19.9. The van der Waals surface area contributed by atoms with Gasteiger partial charge < -0.3 is 19.3 Å². The fourth-order valence-corrected chi connectivity index (χ4v) is 8.72. The van der Waals surface area contributed by atoms with Crippen LogP contribution in [-0.4, -0.2) is 67.3 Å². The summed E-state index contributed by atoms with van der Waals surface area (Å²) in [6, 6.07) is 9.33. The molecule has 0 saturated carbocycles. The molecule has 0 radical (unpaired) electrons. The molecule has 6 rings (SSSR count). The van der Waals surface area contributed by atoms with E-state index in [1.807, 2.05) is 63.5 Å². The van der Waals surface area contributed by atoms with Gasteiger partial charge in [-0.25, -0.2) is 9.59 Å². The Hall–Kier alpha value is -2.97. The van der Waals surface area contributed by atoms with Crippen molar-refractivity contribution in [3.05, 3.63) is 56.1 Å². The molecule has 0 aliphatic carbocycles. The predicted molar refractivity (Wildman–Crippen MR) is 192 cm³/mol. The number of fused-ring (bicyclic) bond motifs is 4. The van der Waals surface area contributed by atoms with E-state index in [1.54, 1.807) is 24.8 Å². The van der Waals surface area contributed by atoms with Gasteiger partial charge in [-0.05, 0) is 155 Å². The number of nitriles is 2. The third-order valence-corrected chi connectivity index (χ3v) is 10.8. The average Bonchev–Trinajstić information content (AvgIpc) is 3.44. The zero-order valence-electron chi connectivity index (χ0n) is 28.5. The normalized spacial score (nSPS) is 29.2. The maximum atomic E-state index is 12.6. The molecule has 2 amide bonds. The third kappa shape index (κ3) is 7.75. The van der Waals surface area contributed by atoms with Crippen LogP contribution in [0.2, 0.25) is 0 Å². The number of hydrogen-bond donors (Lipinski definition) is 0. The molecule has 12 heteroatoms. The van der Waals surface area contributed by atoms with Gasteiger partial charge >= 0.3 is 12.2 Å². The number of carbonyl (C=O) groups is 2. The minimum Gasteiger partial charge on any atom is -0.444 e. The largest absolute Gasteiger partial charge is 0.444 e. The Kier molecular flexibility index (Phi) is 10.4. The number of amides is 2. The third-order valence-electron chi connectivity index (χ3n) is 9.73. The van der Waals surface area contributed by atoms with Gasteiger partial charge in [0.15, 0.2) is 0 Å². The predicted octanol–water partition coefficient (Wildman–Crippen LogP) is 8.18. The van der Waals surface area contributed by atoms with Crippen molar-refractivity contribution in [2.24, 2.45) is 0 Å². The van der Waals surface area contributed by atoms with Gasteiger partial charge in [-0.3, -0.25) is 9.97 Å². The van der Waals surface area contributed by atoms with Crippen molar-refractivity contribution in [3.8, 4) is 12.1 Å². The Balaban J connectivity index is 0.000000188. The van der Waals surface area contributed by atoms with E-state index in [9.17, 15) is 20.1 Å². The van der Waals surface area contributed by atoms with E-state index in [4.69, 9.17) is 9.47 Å². The van der Waals surface area contributed by atoms with Crippen molar-refractivity contribution in [1.82, 2.24) is 19.8 Å². The second-order valence-corrected chi connectivity index (χ2v) is 17.7. The van der Waals surface area contributed by atoms with Gasteiger partial charge in [-0.1, -0.05) is 0 Å². The molecule has 4 aliphatic rings. The number of nitrogens with zero attached hydrogens (tertiary/aromatic N) is 6. The van der Waals surface area contributed by atoms with E-state index in [2.05, 4.69) is 60.6 Å². The van der Waals surface area contributed by atoms with Crippen molar-refractivity contribution in [2.45, 2.75) is 139 Å². The minimum atomic E-state index is -0.582. The molecular formula is C36H44BrIN6O4. The van der Waals surface area contributed by atoms with Crippen LogP contribution < -0.4 is 0 Å². The topological polar surface area (TPSA) is 132 Å². The van der Waals surface area contributed by atoms with Crippen LogP contribution in [0, 0.1) is 26.2 Å². The maximum absolute atomic E-state index is 12.6. The van der Waals surface area contributed by atoms with E-state index in [0.29, 0.717) is 25.7 Å². The number of halogens is 2. The van der Waals surface area contributed by atoms with Crippen LogP contribution >= 0.6 is 38.5 Å². The Morgan fingerprint density at radius 3 is 1.46 bits per heavy atom. The monoisotopic (exact) mass is 830 g/mol. The number of piperidine rings is 2. The molecule has 4 bridgehead atoms. The van der Waals surface area contributed by atoms with Gasteiger partial charge in [0.2, 0.25) is 0 Å². The molecule has 0 spiro atoms. The SMILES string of the molecule is CC(C)(C)OC(=O)N1[C@@H]2CC[C@H]1CC(C#N)(c1cncc(Br)c1)C2.CC(C)(C)OC(=O)N1[C@@H]2CC[C@H]1CC(C#N)(c1cncc(I)c1)C2. The fourth-order valence-electron chi connectivity index (χ4n) is 7.86. The Morgan fingerprint density at radius 1 is 0.750 bits per heavy atom. The van der Waals surface area contributed by atoms with Crippen molar-refractivity contribution in [2.75, 3.05) is 0 Å². The summed E-state index contributed by atoms with van der Waals surface area (Å²) in [4.78, 5) is 37.4. The van der Waals surface area contributed by atoms with Crippen LogP contribution in [0.3, 0.4) is 0 Å². The molecule has 2 aromatic heterocycles. The number of ether oxygens (including phenoxy) is 2. The molecule has 0 aromatic carbocycles. The van der Waals surface area contributed by atoms with E-state index < -0.39 is 22.0 Å². The van der Waals surface area contributed by atoms with Crippen molar-refractivity contribution < 1.29 is 19.1 Å². The van der Waals surface area contributed by atoms with E-state index in [1.165, 1.54) is 0 Å². The molecule has 256 valence electrons. The van der Waals surface area contributed by atoms with Crippen LogP contribution in [0.1, 0.15) is 104 Å². The number of pyridine rings is 2. The van der Waals surface area contributed by atoms with Crippen molar-refractivity contribution >= 4 is 50.7 Å². The van der Waals surface area contributed by atoms with Crippen LogP contribution in [-0.2, 0) is 20.3 Å². The van der Waals surface area contributed by atoms with Gasteiger partial charge in [-0.15, -0.1) is 0 Å². The Morgan fingerprint density at radius 2 is 1.12 bits per heavy atom. The number of aromatic nitrogens is 2. The number of carbonyl (C=O) groups excluding carboxylic acids is 2. The maximum Gasteiger partial charge on any atom is 0.410 e. The first-order valence-corrected chi connectivity index (χ1v) is 18.4. The smallest absolute Gasteiger partial charge is 0.410 e. The molecule has 2 aromatic rings. The standard InChI is InChI=1S/C18H22BrN3O2.C18H22IN3O2/c2*1-17(2,3)24-16(23)22-14-4-5-15(22)8-18(7-14,11-20)12-6-13(19)10-21-9-12/h2*6,9-10,14-15H,4-5,7-8H2,1-3H3/t2*14-,15+,18?. The van der Waals surface area contributed by atoms with Gasteiger partial charge in [0.25, 0.3) is 0 Å². The molecular weight excluding hydrogens is 787 g/mol. The van der Waals surface area contributed by atoms with Gasteiger partial charge in [0.05, 0.1) is 23.0 Å². The quantitative estimate of drug-likeness (QED) is 0.277. The highest BCUT2D eigenvalue weighted by molar-refractivity contribution is 14.1. The first-order valence-electron chi connectivity index (χ1n) is 16.6. The zero-order valence-corrected chi connectivity index (χ0v) is 32.2. The first kappa shape index (κ1) is 36.3. The molecule has 4 fully saturated rings. The second-order valence-electron chi connectivity index (χ2n) is 15.5. The average molecular weight is 832 g/mol. The lowest BCUT2D eigenvalue weighted by molar-refractivity contribution is 0.00119. The summed E-state index contributed by atoms with van der Waals surface area (Å²) in [6.07, 6.45) is 12.9. The van der Waals surface area contributed by atoms with E-state index in [0.717, 1.165) is 44.9 Å². The highest BCUT2D eigenvalue weighted by Crippen LogP contribution is 2.49. The fraction of sp³-hybridized carbons (Fsp3) is 0.611. The second kappa shape index (κ2) is 13.7. The molecule has 2 unspecified atom stereocenters. The summed E-state index contributed by atoms with van der Waals surface area (Å²) in [5.41, 5.74) is -0.244. The minimum absolute atomic E-state index is 0.0530. The van der Waals surface area contributed by atoms with Crippen LogP contribution in [0.25, 0.3) is 0 Å². The molecule has 6 heterocycles. The van der Waals surface area contributed by atoms with Gasteiger partial charge in [0.1, 0.15) is 11.2 Å². The van der Waals surface area contributed by atoms with E-state index >= 15 is 0 Å². The summed E-state index contributed by atoms with van der Waals surface area (Å²) in [5.74, 6) is 0. The molecule has 48 heavy (non-hydrogen) atoms. The lowest BCUT2D eigenvalue weighted by Gasteiger charge is -2.43. The molecule has 4 saturated heterocycles. The van der Waals surface area contributed by atoms with Gasteiger partial charge in [-0.2, -0.15) is 10.5 Å². The van der Waals surface area contributed by atoms with Crippen molar-refractivity contribution in [1.29, 1.82) is 10.5 Å². The molecule has 6 atom stereocenters. The molecule has 10 nitrogen and oxygen atoms in total. The Bertz CT molecular complexity index is 1480. The highest BCUT2D eigenvalue weighted by Gasteiger charge is 2.53. The van der Waals surface area contributed by atoms with Crippen LogP contribution in [0.15, 0.2) is 41.4 Å². The summed E-state index contributed by atoms with van der Waals surface area (Å²) in [6.45, 7) is 11.3. The van der Waals surface area contributed by atoms with Crippen molar-refractivity contribution in [3.63, 3.8) is 0 Å². The number of rotatable bonds is 2. The lowest BCUT2D eigenvalue weighted by Crippen LogP contribution is -2.52. The van der Waals surface area contributed by atoms with E-state index in [-0.39, 0.29) is 36.4 Å². The zero-order chi connectivity index (χ0) is 35.1. The first-order chi connectivity index (χ1) is 22.5. The number of hydrogen-bond acceptors (Lipinski definition) is 8. The van der Waals surface area contributed by atoms with Crippen LogP contribution in [0.4, 0.5) is 9.59 Å². The van der Waals surface area contributed by atoms with Gasteiger partial charge in [0, 0.05) is 57.0 Å². The summed E-state index contributed by atoms with van der Waals surface area (Å²) in [7, 11) is 0. The summed E-state index contributed by atoms with van der Waals surface area (Å²) >= 11 is 5.66. The lowest BCUT2D eigenvalue weighted by atomic mass is 9.71. The summed E-state index contributed by atoms with van der Waals surface area (Å²) < 4.78 is 13.0. The molecule has 0 N–H and O–H groups in total. The molecule has 4 aliphatic heterocycles.